The number of hydrogen-bond donors (Lipinski definition) is 2. The predicted octanol–water partition coefficient (Wildman–Crippen LogP) is 1.90. The van der Waals surface area contributed by atoms with Gasteiger partial charge in [0.15, 0.2) is 0 Å². The van der Waals surface area contributed by atoms with Crippen molar-refractivity contribution in [3.05, 3.63) is 24.3 Å². The van der Waals surface area contributed by atoms with E-state index in [0.29, 0.717) is 6.61 Å². The molecule has 0 radical (unpaired) electrons. The summed E-state index contributed by atoms with van der Waals surface area (Å²) in [6.07, 6.45) is 3.57. The molecular formula is C13H19NO2S. The Balaban J connectivity index is 1.87. The molecule has 3 nitrogen and oxygen atoms in total. The van der Waals surface area contributed by atoms with Crippen LogP contribution in [-0.2, 0) is 0 Å². The van der Waals surface area contributed by atoms with Gasteiger partial charge in [0.2, 0.25) is 0 Å². The van der Waals surface area contributed by atoms with Gasteiger partial charge in [-0.1, -0.05) is 0 Å². The first kappa shape index (κ1) is 12.7. The highest BCUT2D eigenvalue weighted by molar-refractivity contribution is 7.98. The molecule has 1 saturated heterocycles. The summed E-state index contributed by atoms with van der Waals surface area (Å²) in [4.78, 5) is 1.22. The fourth-order valence-electron chi connectivity index (χ4n) is 1.93. The van der Waals surface area contributed by atoms with Gasteiger partial charge in [0.1, 0.15) is 18.0 Å². The van der Waals surface area contributed by atoms with E-state index in [0.717, 1.165) is 31.7 Å². The van der Waals surface area contributed by atoms with Gasteiger partial charge in [0.05, 0.1) is 0 Å². The van der Waals surface area contributed by atoms with E-state index in [1.807, 2.05) is 30.5 Å². The lowest BCUT2D eigenvalue weighted by atomic mass is 9.94. The minimum Gasteiger partial charge on any atom is -0.491 e. The van der Waals surface area contributed by atoms with Crippen LogP contribution in [0.5, 0.6) is 5.75 Å². The lowest BCUT2D eigenvalue weighted by Gasteiger charge is -2.32. The maximum absolute atomic E-state index is 10.3. The maximum atomic E-state index is 10.3. The van der Waals surface area contributed by atoms with Crippen molar-refractivity contribution in [3.63, 3.8) is 0 Å². The van der Waals surface area contributed by atoms with Crippen LogP contribution >= 0.6 is 11.8 Å². The van der Waals surface area contributed by atoms with Crippen molar-refractivity contribution in [2.45, 2.75) is 23.3 Å². The minimum absolute atomic E-state index is 0.382. The molecule has 94 valence electrons. The molecule has 4 heteroatoms. The Hall–Kier alpha value is -0.710. The fourth-order valence-corrected chi connectivity index (χ4v) is 2.33. The molecular weight excluding hydrogens is 234 g/mol. The van der Waals surface area contributed by atoms with Gasteiger partial charge in [-0.05, 0) is 56.5 Å². The molecule has 0 atom stereocenters. The number of thioether (sulfide) groups is 1. The van der Waals surface area contributed by atoms with Crippen LogP contribution in [0.25, 0.3) is 0 Å². The zero-order chi connectivity index (χ0) is 12.1. The number of hydrogen-bond acceptors (Lipinski definition) is 4. The first-order valence-electron chi connectivity index (χ1n) is 5.92. The molecule has 1 aromatic rings. The van der Waals surface area contributed by atoms with Gasteiger partial charge < -0.3 is 15.2 Å². The van der Waals surface area contributed by atoms with Crippen molar-refractivity contribution < 1.29 is 9.84 Å². The van der Waals surface area contributed by atoms with E-state index in [-0.39, 0.29) is 0 Å². The molecule has 0 amide bonds. The monoisotopic (exact) mass is 253 g/mol. The van der Waals surface area contributed by atoms with Gasteiger partial charge in [0, 0.05) is 4.90 Å². The molecule has 1 aromatic carbocycles. The summed E-state index contributed by atoms with van der Waals surface area (Å²) in [5, 5.41) is 13.5. The molecule has 0 aromatic heterocycles. The highest BCUT2D eigenvalue weighted by Gasteiger charge is 2.29. The number of nitrogens with one attached hydrogen (secondary N) is 1. The summed E-state index contributed by atoms with van der Waals surface area (Å²) in [7, 11) is 0. The van der Waals surface area contributed by atoms with Crippen molar-refractivity contribution in [3.8, 4) is 5.75 Å². The summed E-state index contributed by atoms with van der Waals surface area (Å²) < 4.78 is 5.66. The van der Waals surface area contributed by atoms with Gasteiger partial charge in [-0.25, -0.2) is 0 Å². The topological polar surface area (TPSA) is 41.5 Å². The third-order valence-corrected chi connectivity index (χ3v) is 3.84. The second-order valence-corrected chi connectivity index (χ2v) is 5.32. The van der Waals surface area contributed by atoms with E-state index in [1.165, 1.54) is 4.90 Å². The Labute approximate surface area is 107 Å². The van der Waals surface area contributed by atoms with Gasteiger partial charge in [-0.3, -0.25) is 0 Å². The van der Waals surface area contributed by atoms with Crippen molar-refractivity contribution in [1.29, 1.82) is 0 Å². The van der Waals surface area contributed by atoms with Crippen molar-refractivity contribution >= 4 is 11.8 Å². The zero-order valence-electron chi connectivity index (χ0n) is 10.1. The molecule has 0 aliphatic carbocycles. The molecule has 0 saturated carbocycles. The van der Waals surface area contributed by atoms with Crippen molar-refractivity contribution in [2.75, 3.05) is 26.0 Å². The number of piperidine rings is 1. The Morgan fingerprint density at radius 1 is 1.29 bits per heavy atom. The minimum atomic E-state index is -0.663. The van der Waals surface area contributed by atoms with Crippen molar-refractivity contribution in [2.24, 2.45) is 0 Å². The van der Waals surface area contributed by atoms with Crippen LogP contribution in [0.3, 0.4) is 0 Å². The third kappa shape index (κ3) is 3.63. The molecule has 17 heavy (non-hydrogen) atoms. The second-order valence-electron chi connectivity index (χ2n) is 4.44. The Bertz CT molecular complexity index is 347. The van der Waals surface area contributed by atoms with Crippen LogP contribution < -0.4 is 10.1 Å². The van der Waals surface area contributed by atoms with Crippen LogP contribution in [0.4, 0.5) is 0 Å². The van der Waals surface area contributed by atoms with E-state index in [2.05, 4.69) is 5.32 Å². The van der Waals surface area contributed by atoms with Gasteiger partial charge in [0.25, 0.3) is 0 Å². The number of ether oxygens (including phenoxy) is 1. The van der Waals surface area contributed by atoms with Crippen molar-refractivity contribution in [1.82, 2.24) is 5.32 Å². The second kappa shape index (κ2) is 5.76. The summed E-state index contributed by atoms with van der Waals surface area (Å²) in [6.45, 7) is 2.11. The summed E-state index contributed by atoms with van der Waals surface area (Å²) >= 11 is 1.71. The molecule has 1 fully saturated rings. The first-order chi connectivity index (χ1) is 8.22. The van der Waals surface area contributed by atoms with E-state index in [4.69, 9.17) is 4.74 Å². The molecule has 0 bridgehead atoms. The lowest BCUT2D eigenvalue weighted by molar-refractivity contribution is -0.0286. The summed E-state index contributed by atoms with van der Waals surface area (Å²) in [5.74, 6) is 0.828. The van der Waals surface area contributed by atoms with Crippen LogP contribution in [0, 0.1) is 0 Å². The third-order valence-electron chi connectivity index (χ3n) is 3.10. The van der Waals surface area contributed by atoms with E-state index in [9.17, 15) is 5.11 Å². The highest BCUT2D eigenvalue weighted by Crippen LogP contribution is 2.22. The highest BCUT2D eigenvalue weighted by atomic mass is 32.2. The number of benzene rings is 1. The van der Waals surface area contributed by atoms with E-state index in [1.54, 1.807) is 11.8 Å². The quantitative estimate of drug-likeness (QED) is 0.804. The molecule has 2 N–H and O–H groups in total. The Morgan fingerprint density at radius 3 is 2.53 bits per heavy atom. The van der Waals surface area contributed by atoms with Crippen LogP contribution in [0.2, 0.25) is 0 Å². The maximum Gasteiger partial charge on any atom is 0.119 e. The SMILES string of the molecule is CSc1ccc(OCC2(O)CCNCC2)cc1. The number of aliphatic hydroxyl groups is 1. The van der Waals surface area contributed by atoms with Crippen LogP contribution in [0.15, 0.2) is 29.2 Å². The Kier molecular flexibility index (Phi) is 4.31. The average Bonchev–Trinajstić information content (AvgIpc) is 2.38. The molecule has 1 aliphatic heterocycles. The first-order valence-corrected chi connectivity index (χ1v) is 7.14. The molecule has 2 rings (SSSR count). The van der Waals surface area contributed by atoms with E-state index >= 15 is 0 Å². The van der Waals surface area contributed by atoms with Crippen LogP contribution in [-0.4, -0.2) is 36.7 Å². The lowest BCUT2D eigenvalue weighted by Crippen LogP contribution is -2.45. The van der Waals surface area contributed by atoms with Gasteiger partial charge in [-0.2, -0.15) is 0 Å². The average molecular weight is 253 g/mol. The van der Waals surface area contributed by atoms with Gasteiger partial charge in [-0.15, -0.1) is 11.8 Å². The standard InChI is InChI=1S/C13H19NO2S/c1-17-12-4-2-11(3-5-12)16-10-13(15)6-8-14-9-7-13/h2-5,14-15H,6-10H2,1H3. The summed E-state index contributed by atoms with van der Waals surface area (Å²) in [6, 6.07) is 7.98. The van der Waals surface area contributed by atoms with Crippen LogP contribution in [0.1, 0.15) is 12.8 Å². The number of rotatable bonds is 4. The molecule has 0 spiro atoms. The molecule has 0 unspecified atom stereocenters. The normalized spacial score (nSPS) is 18.9. The predicted molar refractivity (Wildman–Crippen MR) is 70.8 cm³/mol. The van der Waals surface area contributed by atoms with Gasteiger partial charge >= 0.3 is 0 Å². The molecule has 1 aliphatic rings. The largest absolute Gasteiger partial charge is 0.491 e. The fraction of sp³-hybridized carbons (Fsp3) is 0.538. The molecule has 1 heterocycles. The smallest absolute Gasteiger partial charge is 0.119 e. The Morgan fingerprint density at radius 2 is 1.94 bits per heavy atom. The van der Waals surface area contributed by atoms with E-state index < -0.39 is 5.60 Å². The summed E-state index contributed by atoms with van der Waals surface area (Å²) in [5.41, 5.74) is -0.663. The zero-order valence-corrected chi connectivity index (χ0v) is 10.9.